The van der Waals surface area contributed by atoms with Gasteiger partial charge in [0.2, 0.25) is 0 Å². The highest BCUT2D eigenvalue weighted by Crippen LogP contribution is 2.34. The molecule has 0 radical (unpaired) electrons. The minimum absolute atomic E-state index is 0.182. The summed E-state index contributed by atoms with van der Waals surface area (Å²) in [5.74, 6) is 0.853. The van der Waals surface area contributed by atoms with Gasteiger partial charge in [0.05, 0.1) is 5.76 Å². The van der Waals surface area contributed by atoms with Gasteiger partial charge in [-0.3, -0.25) is 14.3 Å². The molecule has 1 aromatic rings. The molecule has 2 heterocycles. The summed E-state index contributed by atoms with van der Waals surface area (Å²) in [6, 6.07) is 1.30. The van der Waals surface area contributed by atoms with E-state index in [-0.39, 0.29) is 12.1 Å². The number of allylic oxidation sites excluding steroid dienone is 1. The van der Waals surface area contributed by atoms with Gasteiger partial charge in [0.15, 0.2) is 6.23 Å². The van der Waals surface area contributed by atoms with E-state index in [1.54, 1.807) is 0 Å². The van der Waals surface area contributed by atoms with Gasteiger partial charge in [-0.2, -0.15) is 0 Å². The van der Waals surface area contributed by atoms with Crippen molar-refractivity contribution in [3.05, 3.63) is 45.4 Å². The fraction of sp³-hybridized carbons (Fsp3) is 0.400. The van der Waals surface area contributed by atoms with E-state index in [1.807, 2.05) is 6.92 Å². The van der Waals surface area contributed by atoms with E-state index in [4.69, 9.17) is 4.74 Å². The van der Waals surface area contributed by atoms with Gasteiger partial charge in [-0.05, 0) is 0 Å². The molecule has 1 aliphatic heterocycles. The highest BCUT2D eigenvalue weighted by molar-refractivity contribution is 4.96. The Hall–Kier alpha value is -1.78. The summed E-state index contributed by atoms with van der Waals surface area (Å²) in [5.41, 5.74) is -0.852. The summed E-state index contributed by atoms with van der Waals surface area (Å²) >= 11 is 0. The topological polar surface area (TPSA) is 64.1 Å². The highest BCUT2D eigenvalue weighted by atomic mass is 16.5. The maximum Gasteiger partial charge on any atom is 0.331 e. The van der Waals surface area contributed by atoms with Crippen molar-refractivity contribution in [3.63, 3.8) is 0 Å². The van der Waals surface area contributed by atoms with E-state index in [0.29, 0.717) is 5.76 Å². The van der Waals surface area contributed by atoms with Gasteiger partial charge >= 0.3 is 5.69 Å². The highest BCUT2D eigenvalue weighted by Gasteiger charge is 2.29. The zero-order valence-electron chi connectivity index (χ0n) is 8.40. The molecule has 1 N–H and O–H groups in total. The second kappa shape index (κ2) is 3.42. The van der Waals surface area contributed by atoms with Gasteiger partial charge in [-0.15, -0.1) is 0 Å². The van der Waals surface area contributed by atoms with E-state index < -0.39 is 11.2 Å². The van der Waals surface area contributed by atoms with Crippen molar-refractivity contribution in [2.45, 2.75) is 19.6 Å². The second-order valence-corrected chi connectivity index (χ2v) is 3.75. The molecule has 0 aromatic carbocycles. The second-order valence-electron chi connectivity index (χ2n) is 3.75. The van der Waals surface area contributed by atoms with Crippen LogP contribution in [0.3, 0.4) is 0 Å². The molecular formula is C10H12N2O3. The van der Waals surface area contributed by atoms with Crippen LogP contribution in [0.2, 0.25) is 0 Å². The lowest BCUT2D eigenvalue weighted by atomic mass is 10.1. The van der Waals surface area contributed by atoms with Crippen LogP contribution < -0.4 is 11.2 Å². The molecule has 0 spiro atoms. The molecule has 1 aromatic heterocycles. The Labute approximate surface area is 86.0 Å². The van der Waals surface area contributed by atoms with Crippen molar-refractivity contribution in [3.8, 4) is 0 Å². The number of H-pyrrole nitrogens is 1. The molecule has 15 heavy (non-hydrogen) atoms. The van der Waals surface area contributed by atoms with Gasteiger partial charge in [-0.25, -0.2) is 4.79 Å². The molecule has 5 heteroatoms. The molecule has 0 aliphatic carbocycles. The number of ether oxygens (including phenoxy) is 1. The van der Waals surface area contributed by atoms with Gasteiger partial charge in [-0.1, -0.05) is 13.5 Å². The number of hydrogen-bond acceptors (Lipinski definition) is 3. The first-order valence-electron chi connectivity index (χ1n) is 4.74. The molecule has 1 aliphatic rings. The number of hydrogen-bond donors (Lipinski definition) is 1. The predicted octanol–water partition coefficient (Wildman–Crippen LogP) is 0.605. The molecule has 2 rings (SSSR count). The van der Waals surface area contributed by atoms with Crippen LogP contribution in [0.1, 0.15) is 19.6 Å². The Morgan fingerprint density at radius 2 is 2.33 bits per heavy atom. The monoisotopic (exact) mass is 208 g/mol. The Bertz CT molecular complexity index is 500. The molecule has 1 fully saturated rings. The Kier molecular flexibility index (Phi) is 2.22. The number of nitrogens with one attached hydrogen (secondary N) is 1. The molecule has 0 saturated carbocycles. The van der Waals surface area contributed by atoms with Crippen LogP contribution in [0.15, 0.2) is 34.2 Å². The zero-order valence-corrected chi connectivity index (χ0v) is 8.40. The Morgan fingerprint density at radius 1 is 1.60 bits per heavy atom. The largest absolute Gasteiger partial charge is 0.475 e. The van der Waals surface area contributed by atoms with Crippen molar-refractivity contribution >= 4 is 0 Å². The van der Waals surface area contributed by atoms with Crippen molar-refractivity contribution in [1.29, 1.82) is 0 Å². The summed E-state index contributed by atoms with van der Waals surface area (Å²) in [7, 11) is 0. The first kappa shape index (κ1) is 9.76. The van der Waals surface area contributed by atoms with Crippen molar-refractivity contribution < 1.29 is 4.74 Å². The Balaban J connectivity index is 2.42. The van der Waals surface area contributed by atoms with Gasteiger partial charge in [0.1, 0.15) is 0 Å². The summed E-state index contributed by atoms with van der Waals surface area (Å²) in [5, 5.41) is 0. The van der Waals surface area contributed by atoms with Crippen molar-refractivity contribution in [2.75, 3.05) is 0 Å². The number of aromatic nitrogens is 2. The third-order valence-electron chi connectivity index (χ3n) is 2.45. The fourth-order valence-electron chi connectivity index (χ4n) is 1.75. The van der Waals surface area contributed by atoms with Crippen molar-refractivity contribution in [2.24, 2.45) is 5.92 Å². The maximum absolute atomic E-state index is 11.5. The molecule has 1 saturated heterocycles. The third kappa shape index (κ3) is 1.72. The molecule has 2 atom stereocenters. The summed E-state index contributed by atoms with van der Waals surface area (Å²) in [6.07, 6.45) is 1.82. The smallest absolute Gasteiger partial charge is 0.331 e. The van der Waals surface area contributed by atoms with E-state index in [1.165, 1.54) is 16.8 Å². The van der Waals surface area contributed by atoms with Crippen LogP contribution in [0, 0.1) is 5.92 Å². The van der Waals surface area contributed by atoms with E-state index in [9.17, 15) is 9.59 Å². The fourth-order valence-corrected chi connectivity index (χ4v) is 1.75. The van der Waals surface area contributed by atoms with Gasteiger partial charge < -0.3 is 4.74 Å². The average molecular weight is 208 g/mol. The summed E-state index contributed by atoms with van der Waals surface area (Å²) in [6.45, 7) is 5.69. The first-order valence-corrected chi connectivity index (χ1v) is 4.74. The molecule has 0 amide bonds. The number of nitrogens with zero attached hydrogens (tertiary/aromatic N) is 1. The van der Waals surface area contributed by atoms with Crippen LogP contribution >= 0.6 is 0 Å². The lowest BCUT2D eigenvalue weighted by Gasteiger charge is -2.16. The molecule has 5 nitrogen and oxygen atoms in total. The minimum atomic E-state index is -0.450. The van der Waals surface area contributed by atoms with Crippen LogP contribution in [-0.2, 0) is 4.74 Å². The van der Waals surface area contributed by atoms with Crippen LogP contribution in [0.4, 0.5) is 0 Å². The minimum Gasteiger partial charge on any atom is -0.475 e. The van der Waals surface area contributed by atoms with E-state index >= 15 is 0 Å². The lowest BCUT2D eigenvalue weighted by molar-refractivity contribution is 0.0665. The molecular weight excluding hydrogens is 196 g/mol. The van der Waals surface area contributed by atoms with Crippen LogP contribution in [0.25, 0.3) is 0 Å². The van der Waals surface area contributed by atoms with Gasteiger partial charge in [0.25, 0.3) is 5.56 Å². The molecule has 1 unspecified atom stereocenters. The third-order valence-corrected chi connectivity index (χ3v) is 2.45. The number of aromatic amines is 1. The standard InChI is InChI=1S/C10H12N2O3/c1-6-5-7(2)15-9(6)12-4-3-8(13)11-10(12)14/h3-4,6,9H,2,5H2,1H3,(H,11,13,14)/t6-,9?/m0/s1. The zero-order chi connectivity index (χ0) is 11.0. The van der Waals surface area contributed by atoms with E-state index in [2.05, 4.69) is 11.6 Å². The SMILES string of the molecule is C=C1C[C@H](C)C(n2ccc(=O)[nH]c2=O)O1. The van der Waals surface area contributed by atoms with Crippen LogP contribution in [-0.4, -0.2) is 9.55 Å². The molecule has 80 valence electrons. The average Bonchev–Trinajstić information content (AvgIpc) is 2.45. The predicted molar refractivity (Wildman–Crippen MR) is 54.4 cm³/mol. The summed E-state index contributed by atoms with van der Waals surface area (Å²) in [4.78, 5) is 24.5. The summed E-state index contributed by atoms with van der Waals surface area (Å²) < 4.78 is 6.81. The molecule has 0 bridgehead atoms. The first-order chi connectivity index (χ1) is 7.08. The maximum atomic E-state index is 11.5. The van der Waals surface area contributed by atoms with Crippen molar-refractivity contribution in [1.82, 2.24) is 9.55 Å². The van der Waals surface area contributed by atoms with Crippen LogP contribution in [0.5, 0.6) is 0 Å². The van der Waals surface area contributed by atoms with Gasteiger partial charge in [0, 0.05) is 24.6 Å². The lowest BCUT2D eigenvalue weighted by Crippen LogP contribution is -2.32. The normalized spacial score (nSPS) is 25.3. The van der Waals surface area contributed by atoms with E-state index in [0.717, 1.165) is 6.42 Å². The number of rotatable bonds is 1. The Morgan fingerprint density at radius 3 is 2.87 bits per heavy atom. The quantitative estimate of drug-likeness (QED) is 0.735.